The second kappa shape index (κ2) is 7.74. The van der Waals surface area contributed by atoms with Crippen molar-refractivity contribution in [1.82, 2.24) is 5.32 Å². The number of halogens is 1. The maximum Gasteiger partial charge on any atom is 0.171 e. The zero-order valence-corrected chi connectivity index (χ0v) is 12.8. The van der Waals surface area contributed by atoms with Gasteiger partial charge in [0.15, 0.2) is 6.29 Å². The van der Waals surface area contributed by atoms with E-state index in [-0.39, 0.29) is 12.3 Å². The van der Waals surface area contributed by atoms with Crippen LogP contribution < -0.4 is 10.1 Å². The van der Waals surface area contributed by atoms with E-state index in [4.69, 9.17) is 14.2 Å². The molecular formula is C13H20BrNO3. The Bertz CT molecular complexity index is 369. The van der Waals surface area contributed by atoms with Gasteiger partial charge in [0, 0.05) is 30.8 Å². The summed E-state index contributed by atoms with van der Waals surface area (Å²) in [5, 5.41) is 3.35. The Morgan fingerprint density at radius 2 is 1.89 bits per heavy atom. The molecule has 1 rings (SSSR count). The van der Waals surface area contributed by atoms with Gasteiger partial charge in [0.2, 0.25) is 0 Å². The van der Waals surface area contributed by atoms with Crippen LogP contribution in [-0.2, 0) is 16.0 Å². The second-order valence-electron chi connectivity index (χ2n) is 3.97. The van der Waals surface area contributed by atoms with Crippen molar-refractivity contribution in [3.05, 3.63) is 28.2 Å². The van der Waals surface area contributed by atoms with E-state index in [0.717, 1.165) is 15.8 Å². The Morgan fingerprint density at radius 1 is 1.22 bits per heavy atom. The molecule has 0 bridgehead atoms. The van der Waals surface area contributed by atoms with Crippen LogP contribution in [0.5, 0.6) is 5.75 Å². The molecule has 1 aromatic rings. The molecule has 0 aromatic heterocycles. The van der Waals surface area contributed by atoms with Crippen molar-refractivity contribution in [2.75, 3.05) is 21.3 Å². The number of benzene rings is 1. The summed E-state index contributed by atoms with van der Waals surface area (Å²) in [4.78, 5) is 0. The van der Waals surface area contributed by atoms with Crippen LogP contribution in [0, 0.1) is 0 Å². The summed E-state index contributed by atoms with van der Waals surface area (Å²) in [6.07, 6.45) is -0.261. The normalized spacial score (nSPS) is 12.8. The predicted octanol–water partition coefficient (Wildman–Crippen LogP) is 2.55. The van der Waals surface area contributed by atoms with Crippen LogP contribution in [0.4, 0.5) is 0 Å². The van der Waals surface area contributed by atoms with Gasteiger partial charge in [-0.1, -0.05) is 15.9 Å². The third-order valence-corrected chi connectivity index (χ3v) is 3.22. The van der Waals surface area contributed by atoms with Crippen LogP contribution in [0.1, 0.15) is 12.5 Å². The Kier molecular flexibility index (Phi) is 6.63. The third kappa shape index (κ3) is 4.24. The summed E-state index contributed by atoms with van der Waals surface area (Å²) in [7, 11) is 4.93. The molecule has 1 atom stereocenters. The van der Waals surface area contributed by atoms with Crippen molar-refractivity contribution >= 4 is 15.9 Å². The van der Waals surface area contributed by atoms with E-state index in [2.05, 4.69) is 21.2 Å². The summed E-state index contributed by atoms with van der Waals surface area (Å²) >= 11 is 3.46. The summed E-state index contributed by atoms with van der Waals surface area (Å²) in [6, 6.07) is 6.02. The van der Waals surface area contributed by atoms with Crippen molar-refractivity contribution in [2.24, 2.45) is 0 Å². The van der Waals surface area contributed by atoms with Gasteiger partial charge in [-0.05, 0) is 25.1 Å². The van der Waals surface area contributed by atoms with Crippen LogP contribution in [0.3, 0.4) is 0 Å². The van der Waals surface area contributed by atoms with E-state index in [1.165, 1.54) is 0 Å². The largest absolute Gasteiger partial charge is 0.496 e. The molecule has 0 amide bonds. The lowest BCUT2D eigenvalue weighted by atomic mass is 10.2. The smallest absolute Gasteiger partial charge is 0.171 e. The van der Waals surface area contributed by atoms with Crippen LogP contribution in [0.2, 0.25) is 0 Å². The Morgan fingerprint density at radius 3 is 2.44 bits per heavy atom. The summed E-state index contributed by atoms with van der Waals surface area (Å²) < 4.78 is 16.8. The first-order chi connectivity index (χ1) is 8.62. The molecule has 0 saturated carbocycles. The molecular weight excluding hydrogens is 298 g/mol. The highest BCUT2D eigenvalue weighted by Gasteiger charge is 2.15. The van der Waals surface area contributed by atoms with Gasteiger partial charge in [0.1, 0.15) is 5.75 Å². The topological polar surface area (TPSA) is 39.7 Å². The monoisotopic (exact) mass is 317 g/mol. The number of hydrogen-bond donors (Lipinski definition) is 1. The average Bonchev–Trinajstić information content (AvgIpc) is 2.38. The van der Waals surface area contributed by atoms with E-state index in [9.17, 15) is 0 Å². The quantitative estimate of drug-likeness (QED) is 0.785. The highest BCUT2D eigenvalue weighted by molar-refractivity contribution is 9.10. The van der Waals surface area contributed by atoms with Crippen LogP contribution >= 0.6 is 15.9 Å². The molecule has 102 valence electrons. The first kappa shape index (κ1) is 15.4. The SMILES string of the molecule is COc1ccc(Br)cc1CNC(C)C(OC)OC. The Balaban J connectivity index is 2.65. The van der Waals surface area contributed by atoms with E-state index < -0.39 is 0 Å². The average molecular weight is 318 g/mol. The third-order valence-electron chi connectivity index (χ3n) is 2.73. The van der Waals surface area contributed by atoms with Gasteiger partial charge in [-0.2, -0.15) is 0 Å². The Labute approximate surface area is 117 Å². The first-order valence-corrected chi connectivity index (χ1v) is 6.53. The Hall–Kier alpha value is -0.620. The van der Waals surface area contributed by atoms with Gasteiger partial charge < -0.3 is 19.5 Å². The molecule has 4 nitrogen and oxygen atoms in total. The molecule has 0 spiro atoms. The molecule has 1 aromatic carbocycles. The van der Waals surface area contributed by atoms with Crippen molar-refractivity contribution in [3.8, 4) is 5.75 Å². The maximum atomic E-state index is 5.32. The molecule has 0 fully saturated rings. The van der Waals surface area contributed by atoms with Crippen LogP contribution in [0.15, 0.2) is 22.7 Å². The highest BCUT2D eigenvalue weighted by atomic mass is 79.9. The van der Waals surface area contributed by atoms with Gasteiger partial charge in [-0.15, -0.1) is 0 Å². The summed E-state index contributed by atoms with van der Waals surface area (Å²) in [5.74, 6) is 0.865. The molecule has 0 aliphatic rings. The van der Waals surface area contributed by atoms with Crippen molar-refractivity contribution in [2.45, 2.75) is 25.8 Å². The zero-order chi connectivity index (χ0) is 13.5. The standard InChI is InChI=1S/C13H20BrNO3/c1-9(13(17-3)18-4)15-8-10-7-11(14)5-6-12(10)16-2/h5-7,9,13,15H,8H2,1-4H3. The van der Waals surface area contributed by atoms with Crippen LogP contribution in [-0.4, -0.2) is 33.7 Å². The fraction of sp³-hybridized carbons (Fsp3) is 0.538. The number of rotatable bonds is 7. The van der Waals surface area contributed by atoms with Crippen molar-refractivity contribution in [1.29, 1.82) is 0 Å². The minimum atomic E-state index is -0.261. The maximum absolute atomic E-state index is 5.32. The molecule has 0 aliphatic carbocycles. The molecule has 0 aliphatic heterocycles. The van der Waals surface area contributed by atoms with Gasteiger partial charge >= 0.3 is 0 Å². The zero-order valence-electron chi connectivity index (χ0n) is 11.2. The predicted molar refractivity (Wildman–Crippen MR) is 74.8 cm³/mol. The molecule has 0 saturated heterocycles. The molecule has 0 radical (unpaired) electrons. The first-order valence-electron chi connectivity index (χ1n) is 5.73. The minimum Gasteiger partial charge on any atom is -0.496 e. The lowest BCUT2D eigenvalue weighted by Crippen LogP contribution is -2.39. The van der Waals surface area contributed by atoms with Crippen LogP contribution in [0.25, 0.3) is 0 Å². The molecule has 1 unspecified atom stereocenters. The van der Waals surface area contributed by atoms with E-state index >= 15 is 0 Å². The minimum absolute atomic E-state index is 0.0867. The van der Waals surface area contributed by atoms with E-state index in [1.807, 2.05) is 25.1 Å². The number of ether oxygens (including phenoxy) is 3. The lowest BCUT2D eigenvalue weighted by molar-refractivity contribution is -0.119. The van der Waals surface area contributed by atoms with Gasteiger partial charge in [-0.3, -0.25) is 0 Å². The molecule has 18 heavy (non-hydrogen) atoms. The van der Waals surface area contributed by atoms with E-state index in [1.54, 1.807) is 21.3 Å². The van der Waals surface area contributed by atoms with Gasteiger partial charge in [-0.25, -0.2) is 0 Å². The lowest BCUT2D eigenvalue weighted by Gasteiger charge is -2.22. The number of hydrogen-bond acceptors (Lipinski definition) is 4. The van der Waals surface area contributed by atoms with Gasteiger partial charge in [0.05, 0.1) is 13.2 Å². The van der Waals surface area contributed by atoms with E-state index in [0.29, 0.717) is 6.54 Å². The summed E-state index contributed by atoms with van der Waals surface area (Å²) in [5.41, 5.74) is 1.09. The molecule has 0 heterocycles. The highest BCUT2D eigenvalue weighted by Crippen LogP contribution is 2.22. The van der Waals surface area contributed by atoms with Crippen molar-refractivity contribution < 1.29 is 14.2 Å². The molecule has 5 heteroatoms. The number of nitrogens with one attached hydrogen (secondary N) is 1. The summed E-state index contributed by atoms with van der Waals surface area (Å²) in [6.45, 7) is 2.70. The second-order valence-corrected chi connectivity index (χ2v) is 4.88. The molecule has 1 N–H and O–H groups in total. The van der Waals surface area contributed by atoms with Crippen molar-refractivity contribution in [3.63, 3.8) is 0 Å². The fourth-order valence-corrected chi connectivity index (χ4v) is 2.17. The number of methoxy groups -OCH3 is 3. The fourth-order valence-electron chi connectivity index (χ4n) is 1.76. The van der Waals surface area contributed by atoms with Gasteiger partial charge in [0.25, 0.3) is 0 Å².